The zero-order chi connectivity index (χ0) is 14.9. The van der Waals surface area contributed by atoms with Crippen LogP contribution in [0.4, 0.5) is 20.2 Å². The molecule has 2 aromatic rings. The summed E-state index contributed by atoms with van der Waals surface area (Å²) in [6.45, 7) is 0. The molecule has 0 heterocycles. The largest absolute Gasteiger partial charge is 0.362 e. The van der Waals surface area contributed by atoms with Crippen molar-refractivity contribution in [1.82, 2.24) is 0 Å². The van der Waals surface area contributed by atoms with E-state index < -0.39 is 0 Å². The second-order valence-corrected chi connectivity index (χ2v) is 4.15. The molecular weight excluding hydrogens is 306 g/mol. The van der Waals surface area contributed by atoms with Gasteiger partial charge in [0.1, 0.15) is 11.6 Å². The van der Waals surface area contributed by atoms with Crippen LogP contribution in [-0.2, 0) is 0 Å². The van der Waals surface area contributed by atoms with E-state index in [1.165, 1.54) is 24.3 Å². The second kappa shape index (κ2) is 9.47. The third-order valence-corrected chi connectivity index (χ3v) is 2.55. The number of nitrogens with one attached hydrogen (secondary N) is 1. The minimum Gasteiger partial charge on any atom is -0.362 e. The van der Waals surface area contributed by atoms with E-state index in [0.717, 1.165) is 5.69 Å². The highest BCUT2D eigenvalue weighted by atomic mass is 35.5. The number of rotatable bonds is 5. The molecule has 0 aliphatic carbocycles. The molecule has 5 heteroatoms. The minimum absolute atomic E-state index is 0. The highest BCUT2D eigenvalue weighted by Gasteiger charge is 1.89. The Bertz CT molecular complexity index is 647. The van der Waals surface area contributed by atoms with Crippen LogP contribution >= 0.6 is 12.4 Å². The van der Waals surface area contributed by atoms with Crippen LogP contribution in [-0.4, -0.2) is 6.21 Å². The first kappa shape index (κ1) is 17.6. The van der Waals surface area contributed by atoms with Crippen molar-refractivity contribution >= 4 is 30.0 Å². The number of hydrogen-bond donors (Lipinski definition) is 1. The molecule has 0 spiro atoms. The minimum atomic E-state index is -0.278. The van der Waals surface area contributed by atoms with E-state index >= 15 is 0 Å². The lowest BCUT2D eigenvalue weighted by Crippen LogP contribution is -1.86. The predicted molar refractivity (Wildman–Crippen MR) is 90.1 cm³/mol. The predicted octanol–water partition coefficient (Wildman–Crippen LogP) is 5.27. The van der Waals surface area contributed by atoms with Gasteiger partial charge < -0.3 is 5.32 Å². The Morgan fingerprint density at radius 1 is 0.773 bits per heavy atom. The standard InChI is InChI=1S/C17H14F2N2.ClH/c18-14-4-8-16(9-5-14)20-12-2-1-3-13-21-17-10-6-15(19)7-11-17;/h1-13,20H;1H. The maximum absolute atomic E-state index is 12.7. The fourth-order valence-corrected chi connectivity index (χ4v) is 1.52. The summed E-state index contributed by atoms with van der Waals surface area (Å²) in [6, 6.07) is 12.0. The number of benzene rings is 2. The van der Waals surface area contributed by atoms with E-state index in [4.69, 9.17) is 0 Å². The van der Waals surface area contributed by atoms with Gasteiger partial charge in [-0.15, -0.1) is 12.4 Å². The van der Waals surface area contributed by atoms with Crippen LogP contribution in [0.1, 0.15) is 0 Å². The van der Waals surface area contributed by atoms with Crippen LogP contribution in [0.15, 0.2) is 78.0 Å². The Balaban J connectivity index is 0.00000242. The Labute approximate surface area is 134 Å². The third kappa shape index (κ3) is 6.33. The molecule has 0 aliphatic rings. The third-order valence-electron chi connectivity index (χ3n) is 2.55. The zero-order valence-corrected chi connectivity index (χ0v) is 12.4. The quantitative estimate of drug-likeness (QED) is 0.589. The van der Waals surface area contributed by atoms with Gasteiger partial charge in [0.2, 0.25) is 0 Å². The Hall–Kier alpha value is -2.46. The van der Waals surface area contributed by atoms with Crippen molar-refractivity contribution in [3.63, 3.8) is 0 Å². The molecule has 2 aromatic carbocycles. The topological polar surface area (TPSA) is 24.4 Å². The first-order valence-corrected chi connectivity index (χ1v) is 6.37. The van der Waals surface area contributed by atoms with Crippen LogP contribution in [0.2, 0.25) is 0 Å². The van der Waals surface area contributed by atoms with Crippen LogP contribution in [0.25, 0.3) is 0 Å². The number of halogens is 3. The van der Waals surface area contributed by atoms with Crippen molar-refractivity contribution in [2.75, 3.05) is 5.32 Å². The van der Waals surface area contributed by atoms with Gasteiger partial charge in [-0.1, -0.05) is 6.08 Å². The number of nitrogens with zero attached hydrogens (tertiary/aromatic N) is 1. The maximum atomic E-state index is 12.7. The van der Waals surface area contributed by atoms with Crippen molar-refractivity contribution < 1.29 is 8.78 Å². The van der Waals surface area contributed by atoms with Gasteiger partial charge >= 0.3 is 0 Å². The van der Waals surface area contributed by atoms with Gasteiger partial charge in [-0.3, -0.25) is 4.99 Å². The Kier molecular flexibility index (Phi) is 7.57. The molecule has 0 saturated heterocycles. The highest BCUT2D eigenvalue weighted by molar-refractivity contribution is 5.85. The lowest BCUT2D eigenvalue weighted by atomic mass is 10.3. The molecular formula is C17H15ClF2N2. The summed E-state index contributed by atoms with van der Waals surface area (Å²) in [7, 11) is 0. The fourth-order valence-electron chi connectivity index (χ4n) is 1.52. The smallest absolute Gasteiger partial charge is 0.123 e. The number of hydrogen-bond acceptors (Lipinski definition) is 2. The molecule has 2 nitrogen and oxygen atoms in total. The van der Waals surface area contributed by atoms with Gasteiger partial charge in [0.05, 0.1) is 5.69 Å². The van der Waals surface area contributed by atoms with Crippen LogP contribution in [0, 0.1) is 11.6 Å². The van der Waals surface area contributed by atoms with Crippen LogP contribution < -0.4 is 5.32 Å². The summed E-state index contributed by atoms with van der Waals surface area (Å²) in [5.74, 6) is -0.541. The van der Waals surface area contributed by atoms with Gasteiger partial charge in [0.25, 0.3) is 0 Å². The van der Waals surface area contributed by atoms with E-state index in [0.29, 0.717) is 5.69 Å². The second-order valence-electron chi connectivity index (χ2n) is 4.15. The number of aliphatic imine (C=N–C) groups is 1. The molecule has 0 unspecified atom stereocenters. The van der Waals surface area contributed by atoms with Gasteiger partial charge in [-0.2, -0.15) is 0 Å². The van der Waals surface area contributed by atoms with E-state index in [-0.39, 0.29) is 24.0 Å². The Morgan fingerprint density at radius 2 is 1.36 bits per heavy atom. The molecule has 0 atom stereocenters. The molecule has 114 valence electrons. The summed E-state index contributed by atoms with van der Waals surface area (Å²) < 4.78 is 25.4. The molecule has 1 N–H and O–H groups in total. The van der Waals surface area contributed by atoms with Crippen molar-refractivity contribution in [2.24, 2.45) is 4.99 Å². The molecule has 0 saturated carbocycles. The fraction of sp³-hybridized carbons (Fsp3) is 0. The summed E-state index contributed by atoms with van der Waals surface area (Å²) in [4.78, 5) is 4.14. The van der Waals surface area contributed by atoms with Gasteiger partial charge in [0, 0.05) is 18.1 Å². The molecule has 0 amide bonds. The first-order valence-electron chi connectivity index (χ1n) is 6.37. The van der Waals surface area contributed by atoms with E-state index in [1.54, 1.807) is 54.9 Å². The number of allylic oxidation sites excluding steroid dienone is 3. The zero-order valence-electron chi connectivity index (χ0n) is 11.6. The molecule has 0 bridgehead atoms. The monoisotopic (exact) mass is 320 g/mol. The van der Waals surface area contributed by atoms with Crippen LogP contribution in [0.3, 0.4) is 0 Å². The van der Waals surface area contributed by atoms with Gasteiger partial charge in [-0.05, 0) is 60.7 Å². The van der Waals surface area contributed by atoms with Gasteiger partial charge in [0.15, 0.2) is 0 Å². The first-order chi connectivity index (χ1) is 10.2. The molecule has 0 aliphatic heterocycles. The average Bonchev–Trinajstić information content (AvgIpc) is 2.50. The van der Waals surface area contributed by atoms with E-state index in [9.17, 15) is 8.78 Å². The lowest BCUT2D eigenvalue weighted by molar-refractivity contribution is 0.627. The van der Waals surface area contributed by atoms with Crippen molar-refractivity contribution in [3.05, 3.63) is 84.6 Å². The maximum Gasteiger partial charge on any atom is 0.123 e. The highest BCUT2D eigenvalue weighted by Crippen LogP contribution is 2.11. The van der Waals surface area contributed by atoms with Crippen molar-refractivity contribution in [3.8, 4) is 0 Å². The summed E-state index contributed by atoms with van der Waals surface area (Å²) >= 11 is 0. The van der Waals surface area contributed by atoms with E-state index in [1.807, 2.05) is 0 Å². The summed E-state index contributed by atoms with van der Waals surface area (Å²) in [5.41, 5.74) is 1.50. The lowest BCUT2D eigenvalue weighted by Gasteiger charge is -1.98. The summed E-state index contributed by atoms with van der Waals surface area (Å²) in [6.07, 6.45) is 8.70. The van der Waals surface area contributed by atoms with Crippen molar-refractivity contribution in [1.29, 1.82) is 0 Å². The SMILES string of the molecule is Cl.Fc1ccc(N=CC=CC=CNc2ccc(F)cc2)cc1. The molecule has 0 aromatic heterocycles. The normalized spacial score (nSPS) is 11.2. The molecule has 0 radical (unpaired) electrons. The molecule has 2 rings (SSSR count). The molecule has 0 fully saturated rings. The Morgan fingerprint density at radius 3 is 2.00 bits per heavy atom. The number of anilines is 1. The average molecular weight is 321 g/mol. The molecule has 22 heavy (non-hydrogen) atoms. The van der Waals surface area contributed by atoms with Crippen LogP contribution in [0.5, 0.6) is 0 Å². The van der Waals surface area contributed by atoms with E-state index in [2.05, 4.69) is 10.3 Å². The van der Waals surface area contributed by atoms with Crippen molar-refractivity contribution in [2.45, 2.75) is 0 Å². The summed E-state index contributed by atoms with van der Waals surface area (Å²) in [5, 5.41) is 3.00. The van der Waals surface area contributed by atoms with Gasteiger partial charge in [-0.25, -0.2) is 8.78 Å².